The van der Waals surface area contributed by atoms with Crippen LogP contribution in [-0.2, 0) is 23.9 Å². The van der Waals surface area contributed by atoms with E-state index in [0.717, 1.165) is 57.8 Å². The Morgan fingerprint density at radius 1 is 0.854 bits per heavy atom. The smallest absolute Gasteiger partial charge is 0.332 e. The Labute approximate surface area is 245 Å². The molecule has 230 valence electrons. The summed E-state index contributed by atoms with van der Waals surface area (Å²) in [5, 5.41) is 18.9. The lowest BCUT2D eigenvalue weighted by Crippen LogP contribution is -2.64. The lowest BCUT2D eigenvalue weighted by Gasteiger charge is -2.71. The van der Waals surface area contributed by atoms with Gasteiger partial charge in [0.2, 0.25) is 0 Å². The van der Waals surface area contributed by atoms with E-state index in [9.17, 15) is 19.5 Å². The summed E-state index contributed by atoms with van der Waals surface area (Å²) in [7, 11) is 0. The van der Waals surface area contributed by atoms with Crippen molar-refractivity contribution >= 4 is 17.9 Å². The molecular weight excluding hydrogens is 520 g/mol. The van der Waals surface area contributed by atoms with Crippen LogP contribution in [0.5, 0.6) is 0 Å². The van der Waals surface area contributed by atoms with Gasteiger partial charge in [-0.1, -0.05) is 53.2 Å². The van der Waals surface area contributed by atoms with Crippen molar-refractivity contribution in [2.75, 3.05) is 13.2 Å². The maximum Gasteiger partial charge on any atom is 0.332 e. The maximum absolute atomic E-state index is 12.5. The molecule has 1 unspecified atom stereocenters. The van der Waals surface area contributed by atoms with E-state index >= 15 is 0 Å². The second-order valence-corrected chi connectivity index (χ2v) is 16.3. The fourth-order valence-electron chi connectivity index (χ4n) is 11.1. The zero-order valence-corrected chi connectivity index (χ0v) is 26.3. The molecule has 0 radical (unpaired) electrons. The molecule has 5 aliphatic carbocycles. The third-order valence-electron chi connectivity index (χ3n) is 14.0. The quantitative estimate of drug-likeness (QED) is 0.263. The van der Waals surface area contributed by atoms with E-state index in [1.807, 2.05) is 6.92 Å². The second kappa shape index (κ2) is 9.82. The summed E-state index contributed by atoms with van der Waals surface area (Å²) in [5.74, 6) is -0.995. The van der Waals surface area contributed by atoms with Gasteiger partial charge >= 0.3 is 17.9 Å². The molecule has 0 aromatic rings. The van der Waals surface area contributed by atoms with Crippen molar-refractivity contribution in [1.82, 2.24) is 0 Å². The Morgan fingerprint density at radius 3 is 2.20 bits per heavy atom. The molecule has 0 heterocycles. The Hall–Kier alpha value is -1.89. The Morgan fingerprint density at radius 2 is 1.54 bits per heavy atom. The van der Waals surface area contributed by atoms with Crippen molar-refractivity contribution in [2.45, 2.75) is 119 Å². The average molecular weight is 573 g/mol. The van der Waals surface area contributed by atoms with Gasteiger partial charge < -0.3 is 19.7 Å². The van der Waals surface area contributed by atoms with Crippen molar-refractivity contribution in [3.8, 4) is 0 Å². The van der Waals surface area contributed by atoms with E-state index < -0.39 is 29.9 Å². The third kappa shape index (κ3) is 4.50. The Balaban J connectivity index is 1.41. The molecule has 5 rings (SSSR count). The normalized spacial score (nSPS) is 46.6. The van der Waals surface area contributed by atoms with Crippen molar-refractivity contribution < 1.29 is 34.1 Å². The number of aliphatic carboxylic acids is 2. The maximum atomic E-state index is 12.5. The van der Waals surface area contributed by atoms with E-state index in [0.29, 0.717) is 17.8 Å². The molecule has 7 nitrogen and oxygen atoms in total. The highest BCUT2D eigenvalue weighted by Crippen LogP contribution is 2.75. The molecule has 9 atom stereocenters. The molecule has 0 aliphatic heterocycles. The molecular formula is C34H52O7. The number of carbonyl (C=O) groups is 3. The van der Waals surface area contributed by atoms with E-state index in [2.05, 4.69) is 47.6 Å². The molecule has 7 heteroatoms. The van der Waals surface area contributed by atoms with Gasteiger partial charge in [0.05, 0.1) is 5.41 Å². The van der Waals surface area contributed by atoms with Crippen LogP contribution in [-0.4, -0.2) is 47.4 Å². The van der Waals surface area contributed by atoms with E-state index in [1.54, 1.807) is 5.57 Å². The van der Waals surface area contributed by atoms with Crippen LogP contribution in [0.3, 0.4) is 0 Å². The third-order valence-corrected chi connectivity index (χ3v) is 14.0. The van der Waals surface area contributed by atoms with Crippen LogP contribution in [0.15, 0.2) is 11.6 Å². The topological polar surface area (TPSA) is 110 Å². The summed E-state index contributed by atoms with van der Waals surface area (Å²) in [6, 6.07) is 0. The van der Waals surface area contributed by atoms with E-state index in [-0.39, 0.29) is 39.8 Å². The van der Waals surface area contributed by atoms with Crippen molar-refractivity contribution in [3.63, 3.8) is 0 Å². The number of hydrogen-bond donors (Lipinski definition) is 2. The van der Waals surface area contributed by atoms with Crippen LogP contribution >= 0.6 is 0 Å². The summed E-state index contributed by atoms with van der Waals surface area (Å²) < 4.78 is 10.9. The van der Waals surface area contributed by atoms with Crippen molar-refractivity contribution in [1.29, 1.82) is 0 Å². The average Bonchev–Trinajstić information content (AvgIpc) is 2.87. The molecule has 4 fully saturated rings. The number of carboxylic acids is 2. The predicted molar refractivity (Wildman–Crippen MR) is 155 cm³/mol. The molecule has 0 saturated heterocycles. The van der Waals surface area contributed by atoms with Crippen molar-refractivity contribution in [2.24, 2.45) is 50.2 Å². The van der Waals surface area contributed by atoms with Crippen LogP contribution in [0.4, 0.5) is 0 Å². The highest BCUT2D eigenvalue weighted by molar-refractivity contribution is 5.74. The first-order valence-electron chi connectivity index (χ1n) is 15.9. The fraction of sp³-hybridized carbons (Fsp3) is 0.853. The molecule has 0 aromatic carbocycles. The zero-order chi connectivity index (χ0) is 30.2. The first-order chi connectivity index (χ1) is 18.9. The Bertz CT molecular complexity index is 1140. The number of carbonyl (C=O) groups excluding carboxylic acids is 1. The number of fused-ring (bicyclic) bond motifs is 7. The van der Waals surface area contributed by atoms with Gasteiger partial charge in [-0.2, -0.15) is 0 Å². The van der Waals surface area contributed by atoms with Crippen LogP contribution in [0.25, 0.3) is 0 Å². The van der Waals surface area contributed by atoms with Gasteiger partial charge in [0.15, 0.2) is 0 Å². The first kappa shape index (κ1) is 30.6. The fourth-order valence-corrected chi connectivity index (χ4v) is 11.1. The zero-order valence-electron chi connectivity index (χ0n) is 26.3. The largest absolute Gasteiger partial charge is 0.481 e. The first-order valence-corrected chi connectivity index (χ1v) is 15.9. The minimum absolute atomic E-state index is 0.0553. The van der Waals surface area contributed by atoms with Crippen LogP contribution in [0, 0.1) is 50.2 Å². The molecule has 0 bridgehead atoms. The minimum Gasteiger partial charge on any atom is -0.481 e. The summed E-state index contributed by atoms with van der Waals surface area (Å²) in [6.07, 6.45) is 12.2. The van der Waals surface area contributed by atoms with E-state index in [4.69, 9.17) is 14.6 Å². The second-order valence-electron chi connectivity index (χ2n) is 16.3. The highest BCUT2D eigenvalue weighted by Gasteiger charge is 2.68. The summed E-state index contributed by atoms with van der Waals surface area (Å²) >= 11 is 0. The predicted octanol–water partition coefficient (Wildman–Crippen LogP) is 6.89. The molecule has 4 saturated carbocycles. The van der Waals surface area contributed by atoms with Gasteiger partial charge in [-0.15, -0.1) is 0 Å². The number of rotatable bonds is 6. The lowest BCUT2D eigenvalue weighted by molar-refractivity contribution is -0.214. The Kier molecular flexibility index (Phi) is 7.32. The highest BCUT2D eigenvalue weighted by atomic mass is 16.6. The van der Waals surface area contributed by atoms with Gasteiger partial charge in [-0.3, -0.25) is 4.79 Å². The number of ether oxygens (including phenoxy) is 2. The van der Waals surface area contributed by atoms with Crippen LogP contribution < -0.4 is 0 Å². The van der Waals surface area contributed by atoms with Gasteiger partial charge in [-0.05, 0) is 111 Å². The van der Waals surface area contributed by atoms with Gasteiger partial charge in [0.1, 0.15) is 19.3 Å². The minimum atomic E-state index is -1.10. The van der Waals surface area contributed by atoms with Gasteiger partial charge in [0, 0.05) is 5.41 Å². The van der Waals surface area contributed by atoms with Crippen LogP contribution in [0.2, 0.25) is 0 Å². The molecule has 0 amide bonds. The number of allylic oxidation sites excluding steroid dienone is 2. The summed E-state index contributed by atoms with van der Waals surface area (Å²) in [5.41, 5.74) is 1.17. The summed E-state index contributed by atoms with van der Waals surface area (Å²) in [6.45, 7) is 15.6. The van der Waals surface area contributed by atoms with E-state index in [1.165, 1.54) is 6.42 Å². The van der Waals surface area contributed by atoms with Gasteiger partial charge in [-0.25, -0.2) is 9.59 Å². The summed E-state index contributed by atoms with van der Waals surface area (Å²) in [4.78, 5) is 35.6. The van der Waals surface area contributed by atoms with Crippen LogP contribution in [0.1, 0.15) is 113 Å². The molecule has 0 spiro atoms. The number of hydrogen-bond acceptors (Lipinski definition) is 5. The molecule has 41 heavy (non-hydrogen) atoms. The number of carboxylic acid groups (broad SMARTS) is 2. The molecule has 0 aromatic heterocycles. The van der Waals surface area contributed by atoms with Gasteiger partial charge in [0.25, 0.3) is 0 Å². The lowest BCUT2D eigenvalue weighted by atomic mass is 9.33. The number of esters is 1. The molecule has 5 aliphatic rings. The monoisotopic (exact) mass is 572 g/mol. The standard InChI is InChI=1S/C34H52O7/c1-29(2)23-10-13-34(7)24(32(23,5)12-11-25(29)41-27(37)20-40-19-26(35)36)9-8-21-22-18-31(4,28(38)39)15-14-30(22,3)16-17-33(21,34)6/h8,22-25H,9-20H2,1-7H3,(H,35,36)(H,38,39)/t22-,23-,24+,25?,30+,31-,32-,33+,34+/m0/s1. The SMILES string of the molecule is CC1(C)C(OC(=O)COCC(=O)O)CC[C@]2(C)[C@H]3CC=C4[C@@H]5C[C@@](C)(C(=O)O)CC[C@]5(C)CC[C@@]4(C)[C@]3(C)CC[C@@H]12. The van der Waals surface area contributed by atoms with Crippen molar-refractivity contribution in [3.05, 3.63) is 11.6 Å². The molecule has 2 N–H and O–H groups in total.